The van der Waals surface area contributed by atoms with Crippen molar-refractivity contribution in [1.29, 1.82) is 0 Å². The largest absolute Gasteiger partial charge is 0.497 e. The van der Waals surface area contributed by atoms with Gasteiger partial charge in [0.2, 0.25) is 5.91 Å². The fourth-order valence-corrected chi connectivity index (χ4v) is 4.29. The van der Waals surface area contributed by atoms with Crippen LogP contribution in [0.4, 0.5) is 11.4 Å². The summed E-state index contributed by atoms with van der Waals surface area (Å²) in [4.78, 5) is 18.2. The van der Waals surface area contributed by atoms with Gasteiger partial charge in [0.1, 0.15) is 5.75 Å². The molecule has 1 fully saturated rings. The first-order valence-corrected chi connectivity index (χ1v) is 10.3. The summed E-state index contributed by atoms with van der Waals surface area (Å²) < 4.78 is 5.23. The molecule has 1 saturated heterocycles. The van der Waals surface area contributed by atoms with Gasteiger partial charge in [-0.05, 0) is 47.9 Å². The zero-order chi connectivity index (χ0) is 20.4. The minimum absolute atomic E-state index is 0.0757. The highest BCUT2D eigenvalue weighted by molar-refractivity contribution is 5.93. The zero-order valence-corrected chi connectivity index (χ0v) is 17.2. The summed E-state index contributed by atoms with van der Waals surface area (Å²) in [6, 6.07) is 14.2. The van der Waals surface area contributed by atoms with Crippen LogP contribution in [0, 0.1) is 0 Å². The van der Waals surface area contributed by atoms with Crippen LogP contribution in [0.2, 0.25) is 0 Å². The maximum atomic E-state index is 11.7. The number of hydrogen-bond donors (Lipinski definition) is 1. The number of amides is 1. The van der Waals surface area contributed by atoms with Gasteiger partial charge >= 0.3 is 0 Å². The average molecular weight is 396 g/mol. The lowest BCUT2D eigenvalue weighted by Crippen LogP contribution is -2.47. The quantitative estimate of drug-likeness (QED) is 0.843. The van der Waals surface area contributed by atoms with Gasteiger partial charge in [0.15, 0.2) is 0 Å². The van der Waals surface area contributed by atoms with Gasteiger partial charge in [0.25, 0.3) is 0 Å². The molecule has 0 saturated carbocycles. The lowest BCUT2D eigenvalue weighted by Gasteiger charge is -2.37. The van der Waals surface area contributed by atoms with Crippen LogP contribution in [0.5, 0.6) is 5.75 Å². The molecule has 0 radical (unpaired) electrons. The number of ether oxygens (including phenoxy) is 1. The number of carbonyl (C=O) groups excluding carboxylic acids is 1. The zero-order valence-electron chi connectivity index (χ0n) is 17.2. The van der Waals surface area contributed by atoms with Gasteiger partial charge in [-0.15, -0.1) is 0 Å². The van der Waals surface area contributed by atoms with Crippen molar-refractivity contribution in [2.45, 2.75) is 19.4 Å². The van der Waals surface area contributed by atoms with Crippen molar-refractivity contribution in [2.24, 2.45) is 0 Å². The number of β-amino-alcohol motifs (C(OH)–C–C–N with tert-alkyl or cyclic N) is 1. The van der Waals surface area contributed by atoms with Gasteiger partial charge < -0.3 is 19.6 Å². The predicted octanol–water partition coefficient (Wildman–Crippen LogP) is 2.46. The van der Waals surface area contributed by atoms with Gasteiger partial charge in [-0.3, -0.25) is 9.69 Å². The van der Waals surface area contributed by atoms with E-state index in [4.69, 9.17) is 4.74 Å². The molecule has 1 amide bonds. The Hall–Kier alpha value is -2.57. The number of benzene rings is 2. The number of aliphatic hydroxyl groups is 1. The molecule has 0 bridgehead atoms. The predicted molar refractivity (Wildman–Crippen MR) is 115 cm³/mol. The number of nitrogens with zero attached hydrogens (tertiary/aromatic N) is 3. The average Bonchev–Trinajstić information content (AvgIpc) is 3.18. The van der Waals surface area contributed by atoms with Crippen molar-refractivity contribution in [1.82, 2.24) is 4.90 Å². The maximum absolute atomic E-state index is 11.7. The Kier molecular flexibility index (Phi) is 5.74. The molecular formula is C23H29N3O3. The van der Waals surface area contributed by atoms with Crippen molar-refractivity contribution in [2.75, 3.05) is 56.2 Å². The van der Waals surface area contributed by atoms with Crippen molar-refractivity contribution in [3.63, 3.8) is 0 Å². The van der Waals surface area contributed by atoms with E-state index in [2.05, 4.69) is 28.0 Å². The third-order valence-corrected chi connectivity index (χ3v) is 6.00. The Morgan fingerprint density at radius 1 is 1.07 bits per heavy atom. The van der Waals surface area contributed by atoms with E-state index in [-0.39, 0.29) is 5.91 Å². The van der Waals surface area contributed by atoms with Crippen LogP contribution in [-0.4, -0.2) is 62.3 Å². The summed E-state index contributed by atoms with van der Waals surface area (Å²) in [5, 5.41) is 10.8. The first-order chi connectivity index (χ1) is 14.0. The Morgan fingerprint density at radius 3 is 2.45 bits per heavy atom. The molecule has 0 aromatic heterocycles. The van der Waals surface area contributed by atoms with Gasteiger partial charge in [0, 0.05) is 57.6 Å². The lowest BCUT2D eigenvalue weighted by atomic mass is 10.0. The fourth-order valence-electron chi connectivity index (χ4n) is 4.29. The number of fused-ring (bicyclic) bond motifs is 1. The Labute approximate surface area is 172 Å². The van der Waals surface area contributed by atoms with E-state index in [0.717, 1.165) is 61.7 Å². The molecule has 4 rings (SSSR count). The monoisotopic (exact) mass is 395 g/mol. The molecule has 2 aliphatic rings. The van der Waals surface area contributed by atoms with Crippen molar-refractivity contribution in [3.05, 3.63) is 53.6 Å². The van der Waals surface area contributed by atoms with Crippen LogP contribution in [0.1, 0.15) is 24.2 Å². The molecule has 0 unspecified atom stereocenters. The number of rotatable bonds is 5. The normalized spacial score (nSPS) is 17.9. The number of anilines is 2. The third kappa shape index (κ3) is 4.23. The molecule has 1 N–H and O–H groups in total. The first kappa shape index (κ1) is 19.7. The molecule has 2 heterocycles. The molecule has 2 aromatic carbocycles. The van der Waals surface area contributed by atoms with Gasteiger partial charge in [-0.25, -0.2) is 0 Å². The first-order valence-electron chi connectivity index (χ1n) is 10.3. The van der Waals surface area contributed by atoms with E-state index in [0.29, 0.717) is 6.54 Å². The molecule has 1 atom stereocenters. The topological polar surface area (TPSA) is 56.2 Å². The summed E-state index contributed by atoms with van der Waals surface area (Å²) >= 11 is 0. The molecule has 0 spiro atoms. The minimum atomic E-state index is -0.515. The van der Waals surface area contributed by atoms with E-state index in [1.165, 1.54) is 5.69 Å². The molecular weight excluding hydrogens is 366 g/mol. The SMILES string of the molecule is COc1ccc(N2CCN(C[C@H](O)c3ccc4c(c3)CCN4C(C)=O)CC2)cc1. The maximum Gasteiger partial charge on any atom is 0.223 e. The highest BCUT2D eigenvalue weighted by Gasteiger charge is 2.24. The van der Waals surface area contributed by atoms with E-state index in [1.807, 2.05) is 29.2 Å². The van der Waals surface area contributed by atoms with Crippen LogP contribution in [0.3, 0.4) is 0 Å². The van der Waals surface area contributed by atoms with Crippen LogP contribution in [-0.2, 0) is 11.2 Å². The molecule has 6 nitrogen and oxygen atoms in total. The number of carbonyl (C=O) groups is 1. The summed E-state index contributed by atoms with van der Waals surface area (Å²) in [5.74, 6) is 0.947. The number of piperazine rings is 1. The van der Waals surface area contributed by atoms with E-state index < -0.39 is 6.10 Å². The standard InChI is InChI=1S/C23H29N3O3/c1-17(27)26-10-9-18-15-19(3-8-22(18)26)23(28)16-24-11-13-25(14-12-24)20-4-6-21(29-2)7-5-20/h3-8,15,23,28H,9-14,16H2,1-2H3/t23-/m0/s1. The highest BCUT2D eigenvalue weighted by Crippen LogP contribution is 2.31. The van der Waals surface area contributed by atoms with E-state index in [9.17, 15) is 9.90 Å². The van der Waals surface area contributed by atoms with Crippen LogP contribution >= 0.6 is 0 Å². The lowest BCUT2D eigenvalue weighted by molar-refractivity contribution is -0.116. The fraction of sp³-hybridized carbons (Fsp3) is 0.435. The smallest absolute Gasteiger partial charge is 0.223 e. The van der Waals surface area contributed by atoms with Crippen molar-refractivity contribution in [3.8, 4) is 5.75 Å². The Morgan fingerprint density at radius 2 is 1.79 bits per heavy atom. The molecule has 154 valence electrons. The van der Waals surface area contributed by atoms with Crippen LogP contribution in [0.25, 0.3) is 0 Å². The second-order valence-corrected chi connectivity index (χ2v) is 7.81. The molecule has 6 heteroatoms. The van der Waals surface area contributed by atoms with Crippen molar-refractivity contribution < 1.29 is 14.6 Å². The number of methoxy groups -OCH3 is 1. The van der Waals surface area contributed by atoms with Crippen LogP contribution in [0.15, 0.2) is 42.5 Å². The second kappa shape index (κ2) is 8.43. The minimum Gasteiger partial charge on any atom is -0.497 e. The van der Waals surface area contributed by atoms with Gasteiger partial charge in [0.05, 0.1) is 13.2 Å². The molecule has 2 aliphatic heterocycles. The molecule has 2 aromatic rings. The summed E-state index contributed by atoms with van der Waals surface area (Å²) in [5.41, 5.74) is 4.29. The molecule has 0 aliphatic carbocycles. The number of hydrogen-bond acceptors (Lipinski definition) is 5. The third-order valence-electron chi connectivity index (χ3n) is 6.00. The summed E-state index contributed by atoms with van der Waals surface area (Å²) in [6.45, 7) is 6.69. The Bertz CT molecular complexity index is 860. The van der Waals surface area contributed by atoms with E-state index in [1.54, 1.807) is 14.0 Å². The molecule has 29 heavy (non-hydrogen) atoms. The van der Waals surface area contributed by atoms with Crippen LogP contribution < -0.4 is 14.5 Å². The van der Waals surface area contributed by atoms with Crippen molar-refractivity contribution >= 4 is 17.3 Å². The summed E-state index contributed by atoms with van der Waals surface area (Å²) in [6.07, 6.45) is 0.343. The second-order valence-electron chi connectivity index (χ2n) is 7.81. The Balaban J connectivity index is 1.33. The number of aliphatic hydroxyl groups excluding tert-OH is 1. The van der Waals surface area contributed by atoms with Gasteiger partial charge in [-0.1, -0.05) is 12.1 Å². The summed E-state index contributed by atoms with van der Waals surface area (Å²) in [7, 11) is 1.68. The van der Waals surface area contributed by atoms with E-state index >= 15 is 0 Å². The highest BCUT2D eigenvalue weighted by atomic mass is 16.5. The van der Waals surface area contributed by atoms with Gasteiger partial charge in [-0.2, -0.15) is 0 Å².